The van der Waals surface area contributed by atoms with Crippen molar-refractivity contribution in [2.45, 2.75) is 37.7 Å². The highest BCUT2D eigenvalue weighted by molar-refractivity contribution is 6.16. The Kier molecular flexibility index (Phi) is 4.04. The van der Waals surface area contributed by atoms with Crippen molar-refractivity contribution in [2.24, 2.45) is 0 Å². The summed E-state index contributed by atoms with van der Waals surface area (Å²) in [5.74, 6) is 1.92. The number of hydrogen-bond donors (Lipinski definition) is 0. The summed E-state index contributed by atoms with van der Waals surface area (Å²) in [6.07, 6.45) is 2.18. The molecule has 5 nitrogen and oxygen atoms in total. The van der Waals surface area contributed by atoms with Crippen LogP contribution in [-0.2, 0) is 5.88 Å². The molecular weight excluding hydrogens is 288 g/mol. The van der Waals surface area contributed by atoms with Crippen molar-refractivity contribution in [2.75, 3.05) is 20.7 Å². The van der Waals surface area contributed by atoms with E-state index in [0.717, 1.165) is 36.4 Å². The van der Waals surface area contributed by atoms with E-state index in [-0.39, 0.29) is 0 Å². The van der Waals surface area contributed by atoms with Crippen LogP contribution >= 0.6 is 11.6 Å². The largest absolute Gasteiger partial charge is 0.481 e. The number of alkyl halides is 1. The Bertz CT molecular complexity index is 642. The molecule has 0 radical (unpaired) electrons. The van der Waals surface area contributed by atoms with E-state index in [4.69, 9.17) is 16.3 Å². The molecule has 0 amide bonds. The molecule has 3 heterocycles. The molecule has 3 rings (SSSR count). The zero-order chi connectivity index (χ0) is 15.0. The SMILES string of the molecule is COc1ccc2nc(CCl)n(C3CCN(C)C(C)C3)c2n1. The Balaban J connectivity index is 2.06. The van der Waals surface area contributed by atoms with E-state index in [2.05, 4.69) is 33.4 Å². The molecule has 114 valence electrons. The van der Waals surface area contributed by atoms with Gasteiger partial charge < -0.3 is 14.2 Å². The molecule has 2 aromatic rings. The van der Waals surface area contributed by atoms with Gasteiger partial charge in [0.05, 0.1) is 13.0 Å². The number of halogens is 1. The maximum atomic E-state index is 6.11. The lowest BCUT2D eigenvalue weighted by Gasteiger charge is -2.36. The lowest BCUT2D eigenvalue weighted by Crippen LogP contribution is -2.38. The number of fused-ring (bicyclic) bond motifs is 1. The van der Waals surface area contributed by atoms with Crippen molar-refractivity contribution in [3.63, 3.8) is 0 Å². The summed E-state index contributed by atoms with van der Waals surface area (Å²) in [7, 11) is 3.81. The van der Waals surface area contributed by atoms with Gasteiger partial charge >= 0.3 is 0 Å². The highest BCUT2D eigenvalue weighted by atomic mass is 35.5. The van der Waals surface area contributed by atoms with E-state index in [0.29, 0.717) is 23.8 Å². The fourth-order valence-corrected chi connectivity index (χ4v) is 3.28. The van der Waals surface area contributed by atoms with E-state index in [1.807, 2.05) is 12.1 Å². The van der Waals surface area contributed by atoms with Crippen molar-refractivity contribution >= 4 is 22.8 Å². The van der Waals surface area contributed by atoms with Crippen LogP contribution in [0.4, 0.5) is 0 Å². The molecule has 1 aliphatic heterocycles. The van der Waals surface area contributed by atoms with Crippen LogP contribution in [0.3, 0.4) is 0 Å². The van der Waals surface area contributed by atoms with Gasteiger partial charge in [0, 0.05) is 24.7 Å². The molecule has 0 aliphatic carbocycles. The number of piperidine rings is 1. The molecule has 0 spiro atoms. The number of nitrogens with zero attached hydrogens (tertiary/aromatic N) is 4. The molecule has 6 heteroatoms. The first kappa shape index (κ1) is 14.6. The first-order valence-corrected chi connectivity index (χ1v) is 7.85. The van der Waals surface area contributed by atoms with Crippen molar-refractivity contribution in [1.29, 1.82) is 0 Å². The number of likely N-dealkylation sites (tertiary alicyclic amines) is 1. The van der Waals surface area contributed by atoms with Crippen molar-refractivity contribution in [3.05, 3.63) is 18.0 Å². The molecule has 2 aromatic heterocycles. The lowest BCUT2D eigenvalue weighted by atomic mass is 9.98. The lowest BCUT2D eigenvalue weighted by molar-refractivity contribution is 0.157. The van der Waals surface area contributed by atoms with Gasteiger partial charge in [-0.3, -0.25) is 0 Å². The summed E-state index contributed by atoms with van der Waals surface area (Å²) in [5, 5.41) is 0. The summed E-state index contributed by atoms with van der Waals surface area (Å²) in [6.45, 7) is 3.34. The summed E-state index contributed by atoms with van der Waals surface area (Å²) >= 11 is 6.11. The van der Waals surface area contributed by atoms with Gasteiger partial charge in [-0.25, -0.2) is 4.98 Å². The van der Waals surface area contributed by atoms with Crippen molar-refractivity contribution < 1.29 is 4.74 Å². The minimum Gasteiger partial charge on any atom is -0.481 e. The maximum Gasteiger partial charge on any atom is 0.215 e. The third kappa shape index (κ3) is 2.60. The molecule has 0 aromatic carbocycles. The number of pyridine rings is 1. The van der Waals surface area contributed by atoms with E-state index >= 15 is 0 Å². The second-order valence-corrected chi connectivity index (χ2v) is 6.00. The molecule has 2 unspecified atom stereocenters. The molecule has 0 saturated carbocycles. The Labute approximate surface area is 129 Å². The minimum absolute atomic E-state index is 0.398. The number of aromatic nitrogens is 3. The standard InChI is InChI=1S/C15H21ClN4O/c1-10-8-11(6-7-19(10)2)20-13(9-16)17-12-4-5-14(21-3)18-15(12)20/h4-5,10-11H,6-9H2,1-3H3. The molecular formula is C15H21ClN4O. The third-order valence-electron chi connectivity index (χ3n) is 4.46. The van der Waals surface area contributed by atoms with Crippen LogP contribution < -0.4 is 4.74 Å². The van der Waals surface area contributed by atoms with Crippen LogP contribution in [0.25, 0.3) is 11.2 Å². The monoisotopic (exact) mass is 308 g/mol. The molecule has 0 N–H and O–H groups in total. The predicted octanol–water partition coefficient (Wildman–Crippen LogP) is 2.83. The third-order valence-corrected chi connectivity index (χ3v) is 4.70. The average Bonchev–Trinajstić information content (AvgIpc) is 2.87. The number of imidazole rings is 1. The summed E-state index contributed by atoms with van der Waals surface area (Å²) < 4.78 is 7.47. The molecule has 0 bridgehead atoms. The second kappa shape index (κ2) is 5.81. The summed E-state index contributed by atoms with van der Waals surface area (Å²) in [6, 6.07) is 4.74. The first-order chi connectivity index (χ1) is 10.1. The topological polar surface area (TPSA) is 43.2 Å². The van der Waals surface area contributed by atoms with Gasteiger partial charge in [-0.2, -0.15) is 4.98 Å². The maximum absolute atomic E-state index is 6.11. The van der Waals surface area contributed by atoms with E-state index in [9.17, 15) is 0 Å². The normalized spacial score (nSPS) is 23.6. The first-order valence-electron chi connectivity index (χ1n) is 7.32. The smallest absolute Gasteiger partial charge is 0.215 e. The van der Waals surface area contributed by atoms with Crippen molar-refractivity contribution in [1.82, 2.24) is 19.4 Å². The number of hydrogen-bond acceptors (Lipinski definition) is 4. The minimum atomic E-state index is 0.398. The Morgan fingerprint density at radius 3 is 2.86 bits per heavy atom. The Morgan fingerprint density at radius 2 is 2.19 bits per heavy atom. The van der Waals surface area contributed by atoms with Gasteiger partial charge in [0.2, 0.25) is 5.88 Å². The fourth-order valence-electron chi connectivity index (χ4n) is 3.09. The van der Waals surface area contributed by atoms with Crippen LogP contribution in [0.15, 0.2) is 12.1 Å². The van der Waals surface area contributed by atoms with Crippen LogP contribution in [0.2, 0.25) is 0 Å². The molecule has 2 atom stereocenters. The highest BCUT2D eigenvalue weighted by Gasteiger charge is 2.27. The van der Waals surface area contributed by atoms with Crippen LogP contribution in [0, 0.1) is 0 Å². The van der Waals surface area contributed by atoms with Gasteiger partial charge in [-0.05, 0) is 32.9 Å². The van der Waals surface area contributed by atoms with E-state index < -0.39 is 0 Å². The molecule has 1 aliphatic rings. The number of rotatable bonds is 3. The zero-order valence-electron chi connectivity index (χ0n) is 12.7. The highest BCUT2D eigenvalue weighted by Crippen LogP contribution is 2.31. The van der Waals surface area contributed by atoms with Crippen molar-refractivity contribution in [3.8, 4) is 5.88 Å². The zero-order valence-corrected chi connectivity index (χ0v) is 13.5. The Hall–Kier alpha value is -1.33. The van der Waals surface area contributed by atoms with Crippen LogP contribution in [0.1, 0.15) is 31.6 Å². The molecule has 1 saturated heterocycles. The van der Waals surface area contributed by atoms with Crippen LogP contribution in [-0.4, -0.2) is 46.2 Å². The number of ether oxygens (including phenoxy) is 1. The quantitative estimate of drug-likeness (QED) is 0.818. The van der Waals surface area contributed by atoms with Crippen LogP contribution in [0.5, 0.6) is 5.88 Å². The Morgan fingerprint density at radius 1 is 1.38 bits per heavy atom. The van der Waals surface area contributed by atoms with Gasteiger partial charge in [0.1, 0.15) is 11.3 Å². The average molecular weight is 309 g/mol. The molecule has 21 heavy (non-hydrogen) atoms. The predicted molar refractivity (Wildman–Crippen MR) is 84.0 cm³/mol. The van der Waals surface area contributed by atoms with Gasteiger partial charge in [0.15, 0.2) is 5.65 Å². The van der Waals surface area contributed by atoms with Gasteiger partial charge in [0.25, 0.3) is 0 Å². The second-order valence-electron chi connectivity index (χ2n) is 5.74. The number of methoxy groups -OCH3 is 1. The van der Waals surface area contributed by atoms with E-state index in [1.54, 1.807) is 7.11 Å². The fraction of sp³-hybridized carbons (Fsp3) is 0.600. The summed E-state index contributed by atoms with van der Waals surface area (Å²) in [4.78, 5) is 11.6. The molecule has 1 fully saturated rings. The van der Waals surface area contributed by atoms with Gasteiger partial charge in [-0.15, -0.1) is 11.6 Å². The summed E-state index contributed by atoms with van der Waals surface area (Å²) in [5.41, 5.74) is 1.77. The van der Waals surface area contributed by atoms with Gasteiger partial charge in [-0.1, -0.05) is 0 Å². The van der Waals surface area contributed by atoms with E-state index in [1.165, 1.54) is 0 Å².